The second-order valence-electron chi connectivity index (χ2n) is 13.1. The summed E-state index contributed by atoms with van der Waals surface area (Å²) in [6, 6.07) is 68.5. The normalized spacial score (nSPS) is 11.6. The predicted octanol–water partition coefficient (Wildman–Crippen LogP) is 13.5. The van der Waals surface area contributed by atoms with Crippen molar-refractivity contribution in [3.05, 3.63) is 192 Å². The molecule has 51 heavy (non-hydrogen) atoms. The Labute approximate surface area is 310 Å². The van der Waals surface area contributed by atoms with Crippen LogP contribution in [0.2, 0.25) is 0 Å². The highest BCUT2D eigenvalue weighted by molar-refractivity contribution is 14.1. The van der Waals surface area contributed by atoms with Gasteiger partial charge in [-0.1, -0.05) is 127 Å². The smallest absolute Gasteiger partial charge is 0.0619 e. The number of hydrogen-bond donors (Lipinski definition) is 0. The van der Waals surface area contributed by atoms with Crippen molar-refractivity contribution < 1.29 is 0 Å². The molecule has 0 bridgehead atoms. The first-order valence-electron chi connectivity index (χ1n) is 17.3. The standard InChI is InChI=1S/C48H31IN2/c49-36-30-40(32-14-4-1-5-15-32)48(41(31-36)33-16-6-2-7-17-33)51-45-23-13-11-21-39(45)43-29-35(25-27-47(43)51)34-24-26-46-42(28-34)38-20-10-12-22-44(38)50(46)37-18-8-3-9-19-37/h1-31H. The number of rotatable bonds is 5. The fraction of sp³-hybridized carbons (Fsp3) is 0. The molecule has 0 atom stereocenters. The average Bonchev–Trinajstić information content (AvgIpc) is 3.70. The molecule has 0 fully saturated rings. The van der Waals surface area contributed by atoms with Crippen LogP contribution in [0.5, 0.6) is 0 Å². The SMILES string of the molecule is Ic1cc(-c2ccccc2)c(-n2c3ccccc3c3cc(-c4ccc5c(c4)c4ccccc4n5-c4ccccc4)ccc32)c(-c2ccccc2)c1. The van der Waals surface area contributed by atoms with Crippen LogP contribution in [-0.4, -0.2) is 9.13 Å². The van der Waals surface area contributed by atoms with Gasteiger partial charge in [0.2, 0.25) is 0 Å². The number of para-hydroxylation sites is 3. The second-order valence-corrected chi connectivity index (χ2v) is 14.3. The maximum absolute atomic E-state index is 2.49. The molecule has 0 spiro atoms. The molecule has 0 radical (unpaired) electrons. The summed E-state index contributed by atoms with van der Waals surface area (Å²) in [6.45, 7) is 0. The third-order valence-electron chi connectivity index (χ3n) is 10.2. The number of halogens is 1. The minimum atomic E-state index is 1.17. The fourth-order valence-corrected chi connectivity index (χ4v) is 8.54. The van der Waals surface area contributed by atoms with Crippen molar-refractivity contribution >= 4 is 66.2 Å². The molecule has 10 aromatic rings. The molecule has 3 heteroatoms. The predicted molar refractivity (Wildman–Crippen MR) is 224 cm³/mol. The van der Waals surface area contributed by atoms with Crippen LogP contribution in [0, 0.1) is 3.57 Å². The van der Waals surface area contributed by atoms with E-state index in [0.29, 0.717) is 0 Å². The van der Waals surface area contributed by atoms with E-state index in [-0.39, 0.29) is 0 Å². The van der Waals surface area contributed by atoms with Gasteiger partial charge in [0.1, 0.15) is 0 Å². The first kappa shape index (κ1) is 30.0. The summed E-state index contributed by atoms with van der Waals surface area (Å²) in [5.74, 6) is 0. The molecule has 8 aromatic carbocycles. The Morgan fingerprint density at radius 3 is 1.25 bits per heavy atom. The van der Waals surface area contributed by atoms with E-state index in [4.69, 9.17) is 0 Å². The molecule has 0 saturated carbocycles. The van der Waals surface area contributed by atoms with E-state index in [2.05, 4.69) is 220 Å². The van der Waals surface area contributed by atoms with Crippen molar-refractivity contribution in [2.45, 2.75) is 0 Å². The summed E-state index contributed by atoms with van der Waals surface area (Å²) in [5.41, 5.74) is 14.4. The van der Waals surface area contributed by atoms with Gasteiger partial charge >= 0.3 is 0 Å². The van der Waals surface area contributed by atoms with E-state index in [1.807, 2.05) is 0 Å². The summed E-state index contributed by atoms with van der Waals surface area (Å²) in [6.07, 6.45) is 0. The minimum Gasteiger partial charge on any atom is -0.309 e. The Morgan fingerprint density at radius 1 is 0.314 bits per heavy atom. The lowest BCUT2D eigenvalue weighted by atomic mass is 9.95. The Hall–Kier alpha value is -5.91. The highest BCUT2D eigenvalue weighted by atomic mass is 127. The molecule has 10 rings (SSSR count). The van der Waals surface area contributed by atoms with E-state index in [1.165, 1.54) is 91.9 Å². The van der Waals surface area contributed by atoms with Crippen molar-refractivity contribution in [3.8, 4) is 44.8 Å². The zero-order valence-corrected chi connectivity index (χ0v) is 29.8. The lowest BCUT2D eigenvalue weighted by Gasteiger charge is -2.20. The Kier molecular flexibility index (Phi) is 7.14. The largest absolute Gasteiger partial charge is 0.309 e. The first-order chi connectivity index (χ1) is 25.2. The van der Waals surface area contributed by atoms with Crippen molar-refractivity contribution in [2.75, 3.05) is 0 Å². The van der Waals surface area contributed by atoms with E-state index >= 15 is 0 Å². The molecule has 0 aliphatic rings. The number of aromatic nitrogens is 2. The zero-order chi connectivity index (χ0) is 33.9. The van der Waals surface area contributed by atoms with Crippen LogP contribution >= 0.6 is 22.6 Å². The van der Waals surface area contributed by atoms with Crippen LogP contribution in [0.25, 0.3) is 88.4 Å². The Bertz CT molecular complexity index is 2840. The van der Waals surface area contributed by atoms with Crippen molar-refractivity contribution in [1.82, 2.24) is 9.13 Å². The molecule has 2 nitrogen and oxygen atoms in total. The third-order valence-corrected chi connectivity index (χ3v) is 10.8. The van der Waals surface area contributed by atoms with Crippen LogP contribution < -0.4 is 0 Å². The average molecular weight is 763 g/mol. The fourth-order valence-electron chi connectivity index (χ4n) is 7.92. The number of fused-ring (bicyclic) bond motifs is 6. The van der Waals surface area contributed by atoms with Gasteiger partial charge in [0.25, 0.3) is 0 Å². The zero-order valence-electron chi connectivity index (χ0n) is 27.7. The summed E-state index contributed by atoms with van der Waals surface area (Å²) < 4.78 is 6.08. The van der Waals surface area contributed by atoms with Gasteiger partial charge in [-0.3, -0.25) is 0 Å². The van der Waals surface area contributed by atoms with Gasteiger partial charge in [0.15, 0.2) is 0 Å². The molecule has 0 saturated heterocycles. The molecule has 0 aliphatic carbocycles. The monoisotopic (exact) mass is 762 g/mol. The third kappa shape index (κ3) is 4.91. The van der Waals surface area contributed by atoms with Crippen molar-refractivity contribution in [2.24, 2.45) is 0 Å². The quantitative estimate of drug-likeness (QED) is 0.155. The lowest BCUT2D eigenvalue weighted by Crippen LogP contribution is -2.01. The molecule has 0 amide bonds. The summed E-state index contributed by atoms with van der Waals surface area (Å²) in [4.78, 5) is 0. The van der Waals surface area contributed by atoms with E-state index in [9.17, 15) is 0 Å². The van der Waals surface area contributed by atoms with Gasteiger partial charge in [0, 0.05) is 41.9 Å². The number of hydrogen-bond acceptors (Lipinski definition) is 0. The van der Waals surface area contributed by atoms with Gasteiger partial charge in [-0.2, -0.15) is 0 Å². The lowest BCUT2D eigenvalue weighted by molar-refractivity contribution is 1.18. The van der Waals surface area contributed by atoms with Crippen molar-refractivity contribution in [1.29, 1.82) is 0 Å². The van der Waals surface area contributed by atoms with Crippen LogP contribution in [0.15, 0.2) is 188 Å². The summed E-state index contributed by atoms with van der Waals surface area (Å²) >= 11 is 2.47. The summed E-state index contributed by atoms with van der Waals surface area (Å²) in [7, 11) is 0. The van der Waals surface area contributed by atoms with E-state index in [1.54, 1.807) is 0 Å². The highest BCUT2D eigenvalue weighted by Crippen LogP contribution is 2.43. The number of benzene rings is 8. The molecule has 2 aromatic heterocycles. The van der Waals surface area contributed by atoms with Crippen LogP contribution in [0.4, 0.5) is 0 Å². The summed E-state index contributed by atoms with van der Waals surface area (Å²) in [5, 5.41) is 5.00. The molecule has 0 unspecified atom stereocenters. The van der Waals surface area contributed by atoms with E-state index in [0.717, 1.165) is 0 Å². The van der Waals surface area contributed by atoms with Gasteiger partial charge in [0.05, 0.1) is 27.8 Å². The van der Waals surface area contributed by atoms with Gasteiger partial charge in [-0.05, 0) is 106 Å². The Balaban J connectivity index is 1.22. The van der Waals surface area contributed by atoms with Gasteiger partial charge in [-0.15, -0.1) is 0 Å². The van der Waals surface area contributed by atoms with Crippen molar-refractivity contribution in [3.63, 3.8) is 0 Å². The highest BCUT2D eigenvalue weighted by Gasteiger charge is 2.21. The maximum Gasteiger partial charge on any atom is 0.0619 e. The van der Waals surface area contributed by atoms with Crippen LogP contribution in [0.3, 0.4) is 0 Å². The molecule has 240 valence electrons. The Morgan fingerprint density at radius 2 is 0.725 bits per heavy atom. The maximum atomic E-state index is 2.49. The van der Waals surface area contributed by atoms with E-state index < -0.39 is 0 Å². The molecular formula is C48H31IN2. The minimum absolute atomic E-state index is 1.17. The molecule has 0 aliphatic heterocycles. The molecule has 2 heterocycles. The van der Waals surface area contributed by atoms with Gasteiger partial charge < -0.3 is 9.13 Å². The first-order valence-corrected chi connectivity index (χ1v) is 18.4. The topological polar surface area (TPSA) is 9.86 Å². The molecule has 0 N–H and O–H groups in total. The van der Waals surface area contributed by atoms with Crippen LogP contribution in [0.1, 0.15) is 0 Å². The second kappa shape index (κ2) is 12.1. The molecular weight excluding hydrogens is 731 g/mol. The number of nitrogens with zero attached hydrogens (tertiary/aromatic N) is 2. The van der Waals surface area contributed by atoms with Crippen LogP contribution in [-0.2, 0) is 0 Å². The van der Waals surface area contributed by atoms with Gasteiger partial charge in [-0.25, -0.2) is 0 Å².